The first-order chi connectivity index (χ1) is 13.6. The average Bonchev–Trinajstić information content (AvgIpc) is 3.10. The number of carbonyl (C=O) groups excluding carboxylic acids is 1. The van der Waals surface area contributed by atoms with Crippen LogP contribution in [0.4, 0.5) is 0 Å². The number of carboxylic acids is 1. The molecule has 1 aromatic heterocycles. The van der Waals surface area contributed by atoms with Crippen LogP contribution in [0.25, 0.3) is 0 Å². The van der Waals surface area contributed by atoms with Crippen molar-refractivity contribution in [2.24, 2.45) is 17.3 Å². The molecule has 2 saturated heterocycles. The summed E-state index contributed by atoms with van der Waals surface area (Å²) in [7, 11) is 0. The molecule has 1 amide bonds. The van der Waals surface area contributed by atoms with Gasteiger partial charge < -0.3 is 10.0 Å². The maximum absolute atomic E-state index is 13.0. The highest BCUT2D eigenvalue weighted by molar-refractivity contribution is 5.81. The predicted octanol–water partition coefficient (Wildman–Crippen LogP) is 2.79. The van der Waals surface area contributed by atoms with Crippen LogP contribution in [0, 0.1) is 17.3 Å². The monoisotopic (exact) mass is 385 g/mol. The standard InChI is InChI=1S/C22H31N3O3/c26-20(18-4-2-1-3-5-18)25-15-19(21(27)28)22(16-25)8-12-24(13-9-22)14-17-6-10-23-11-7-17/h6-7,10-11,18-19H,1-5,8-9,12-16H2,(H,27,28). The Morgan fingerprint density at radius 1 is 1.11 bits per heavy atom. The molecule has 28 heavy (non-hydrogen) atoms. The van der Waals surface area contributed by atoms with E-state index < -0.39 is 11.9 Å². The number of pyridine rings is 1. The molecule has 3 aliphatic rings. The van der Waals surface area contributed by atoms with Crippen molar-refractivity contribution < 1.29 is 14.7 Å². The number of aromatic nitrogens is 1. The Balaban J connectivity index is 1.41. The maximum atomic E-state index is 13.0. The molecule has 1 atom stereocenters. The Labute approximate surface area is 166 Å². The number of rotatable bonds is 4. The van der Waals surface area contributed by atoms with Gasteiger partial charge in [0.25, 0.3) is 0 Å². The Morgan fingerprint density at radius 3 is 2.43 bits per heavy atom. The maximum Gasteiger partial charge on any atom is 0.308 e. The van der Waals surface area contributed by atoms with Gasteiger partial charge in [0, 0.05) is 43.4 Å². The highest BCUT2D eigenvalue weighted by Gasteiger charge is 2.52. The summed E-state index contributed by atoms with van der Waals surface area (Å²) in [4.78, 5) is 33.4. The third kappa shape index (κ3) is 3.93. The Hall–Kier alpha value is -1.95. The number of carboxylic acid groups (broad SMARTS) is 1. The first-order valence-electron chi connectivity index (χ1n) is 10.7. The zero-order chi connectivity index (χ0) is 19.6. The zero-order valence-corrected chi connectivity index (χ0v) is 16.6. The van der Waals surface area contributed by atoms with Gasteiger partial charge >= 0.3 is 5.97 Å². The van der Waals surface area contributed by atoms with Crippen LogP contribution in [0.3, 0.4) is 0 Å². The number of amides is 1. The van der Waals surface area contributed by atoms with E-state index in [0.29, 0.717) is 13.1 Å². The minimum Gasteiger partial charge on any atom is -0.481 e. The second-order valence-corrected chi connectivity index (χ2v) is 8.94. The summed E-state index contributed by atoms with van der Waals surface area (Å²) in [5.41, 5.74) is 0.978. The van der Waals surface area contributed by atoms with Crippen molar-refractivity contribution >= 4 is 11.9 Å². The number of piperidine rings is 1. The summed E-state index contributed by atoms with van der Waals surface area (Å²) in [6.45, 7) is 3.67. The van der Waals surface area contributed by atoms with E-state index in [1.165, 1.54) is 12.0 Å². The van der Waals surface area contributed by atoms with Crippen molar-refractivity contribution in [3.8, 4) is 0 Å². The first kappa shape index (κ1) is 19.4. The van der Waals surface area contributed by atoms with Gasteiger partial charge in [-0.1, -0.05) is 19.3 Å². The van der Waals surface area contributed by atoms with E-state index in [4.69, 9.17) is 0 Å². The fraction of sp³-hybridized carbons (Fsp3) is 0.682. The third-order valence-electron chi connectivity index (χ3n) is 7.22. The molecule has 1 aliphatic carbocycles. The quantitative estimate of drug-likeness (QED) is 0.863. The predicted molar refractivity (Wildman–Crippen MR) is 105 cm³/mol. The first-order valence-corrected chi connectivity index (χ1v) is 10.7. The molecule has 6 nitrogen and oxygen atoms in total. The summed E-state index contributed by atoms with van der Waals surface area (Å²) in [6.07, 6.45) is 10.7. The fourth-order valence-corrected chi connectivity index (χ4v) is 5.49. The van der Waals surface area contributed by atoms with Gasteiger partial charge in [-0.2, -0.15) is 0 Å². The van der Waals surface area contributed by atoms with Gasteiger partial charge in [-0.3, -0.25) is 19.5 Å². The minimum atomic E-state index is -0.735. The van der Waals surface area contributed by atoms with E-state index in [9.17, 15) is 14.7 Å². The normalized spacial score (nSPS) is 25.9. The molecule has 3 heterocycles. The molecule has 4 rings (SSSR count). The molecule has 3 fully saturated rings. The van der Waals surface area contributed by atoms with Gasteiger partial charge in [-0.25, -0.2) is 0 Å². The molecule has 152 valence electrons. The number of aliphatic carboxylic acids is 1. The molecule has 6 heteroatoms. The highest BCUT2D eigenvalue weighted by Crippen LogP contribution is 2.46. The summed E-state index contributed by atoms with van der Waals surface area (Å²) in [5.74, 6) is -0.836. The lowest BCUT2D eigenvalue weighted by molar-refractivity contribution is -0.146. The molecule has 1 spiro atoms. The van der Waals surface area contributed by atoms with Crippen LogP contribution in [0.5, 0.6) is 0 Å². The van der Waals surface area contributed by atoms with Crippen molar-refractivity contribution in [2.75, 3.05) is 26.2 Å². The van der Waals surface area contributed by atoms with Gasteiger partial charge in [0.15, 0.2) is 0 Å². The van der Waals surface area contributed by atoms with Crippen molar-refractivity contribution in [2.45, 2.75) is 51.5 Å². The van der Waals surface area contributed by atoms with Crippen molar-refractivity contribution in [1.82, 2.24) is 14.8 Å². The van der Waals surface area contributed by atoms with Gasteiger partial charge in [-0.15, -0.1) is 0 Å². The van der Waals surface area contributed by atoms with Gasteiger partial charge in [0.1, 0.15) is 0 Å². The number of likely N-dealkylation sites (tertiary alicyclic amines) is 2. The molecule has 0 radical (unpaired) electrons. The molecule has 0 bridgehead atoms. The lowest BCUT2D eigenvalue weighted by Gasteiger charge is -2.41. The number of carbonyl (C=O) groups is 2. The SMILES string of the molecule is O=C(O)C1CN(C(=O)C2CCCCC2)CC12CCN(Cc1ccncc1)CC2. The highest BCUT2D eigenvalue weighted by atomic mass is 16.4. The van der Waals surface area contributed by atoms with Crippen LogP contribution in [0.1, 0.15) is 50.5 Å². The van der Waals surface area contributed by atoms with Gasteiger partial charge in [-0.05, 0) is 56.5 Å². The molecular formula is C22H31N3O3. The summed E-state index contributed by atoms with van der Waals surface area (Å²) >= 11 is 0. The second-order valence-electron chi connectivity index (χ2n) is 8.94. The Kier molecular flexibility index (Phi) is 5.67. The number of hydrogen-bond acceptors (Lipinski definition) is 4. The van der Waals surface area contributed by atoms with E-state index in [2.05, 4.69) is 9.88 Å². The van der Waals surface area contributed by atoms with Gasteiger partial charge in [0.05, 0.1) is 5.92 Å². The van der Waals surface area contributed by atoms with E-state index in [1.807, 2.05) is 29.4 Å². The Bertz CT molecular complexity index is 694. The van der Waals surface area contributed by atoms with Crippen LogP contribution in [-0.4, -0.2) is 57.9 Å². The van der Waals surface area contributed by atoms with Crippen molar-refractivity contribution in [1.29, 1.82) is 0 Å². The molecule has 2 aliphatic heterocycles. The molecule has 1 aromatic rings. The van der Waals surface area contributed by atoms with Gasteiger partial charge in [0.2, 0.25) is 5.91 Å². The van der Waals surface area contributed by atoms with Crippen molar-refractivity contribution in [3.05, 3.63) is 30.1 Å². The number of hydrogen-bond donors (Lipinski definition) is 1. The largest absolute Gasteiger partial charge is 0.481 e. The molecule has 0 aromatic carbocycles. The van der Waals surface area contributed by atoms with E-state index in [1.54, 1.807) is 0 Å². The fourth-order valence-electron chi connectivity index (χ4n) is 5.49. The number of nitrogens with zero attached hydrogens (tertiary/aromatic N) is 3. The molecule has 1 unspecified atom stereocenters. The summed E-state index contributed by atoms with van der Waals surface area (Å²) in [5, 5.41) is 9.88. The average molecular weight is 386 g/mol. The topological polar surface area (TPSA) is 73.7 Å². The van der Waals surface area contributed by atoms with Crippen LogP contribution in [0.15, 0.2) is 24.5 Å². The third-order valence-corrected chi connectivity index (χ3v) is 7.22. The van der Waals surface area contributed by atoms with Crippen LogP contribution >= 0.6 is 0 Å². The van der Waals surface area contributed by atoms with E-state index in [0.717, 1.165) is 58.2 Å². The smallest absolute Gasteiger partial charge is 0.308 e. The molecular weight excluding hydrogens is 354 g/mol. The molecule has 1 saturated carbocycles. The van der Waals surface area contributed by atoms with Crippen LogP contribution in [-0.2, 0) is 16.1 Å². The lowest BCUT2D eigenvalue weighted by atomic mass is 9.71. The zero-order valence-electron chi connectivity index (χ0n) is 16.6. The lowest BCUT2D eigenvalue weighted by Crippen LogP contribution is -2.46. The van der Waals surface area contributed by atoms with Crippen LogP contribution in [0.2, 0.25) is 0 Å². The van der Waals surface area contributed by atoms with E-state index >= 15 is 0 Å². The van der Waals surface area contributed by atoms with E-state index in [-0.39, 0.29) is 17.2 Å². The second kappa shape index (κ2) is 8.19. The summed E-state index contributed by atoms with van der Waals surface area (Å²) < 4.78 is 0. The summed E-state index contributed by atoms with van der Waals surface area (Å²) in [6, 6.07) is 4.06. The van der Waals surface area contributed by atoms with Crippen molar-refractivity contribution in [3.63, 3.8) is 0 Å². The van der Waals surface area contributed by atoms with Crippen LogP contribution < -0.4 is 0 Å². The molecule has 1 N–H and O–H groups in total. The Morgan fingerprint density at radius 2 is 1.79 bits per heavy atom. The minimum absolute atomic E-state index is 0.116.